The highest BCUT2D eigenvalue weighted by atomic mass is 32.2. The van der Waals surface area contributed by atoms with Crippen molar-refractivity contribution in [3.8, 4) is 0 Å². The van der Waals surface area contributed by atoms with Gasteiger partial charge in [0.1, 0.15) is 5.82 Å². The van der Waals surface area contributed by atoms with Crippen LogP contribution >= 0.6 is 0 Å². The van der Waals surface area contributed by atoms with Gasteiger partial charge in [-0.25, -0.2) is 12.8 Å². The summed E-state index contributed by atoms with van der Waals surface area (Å²) in [5.41, 5.74) is 0.953. The first kappa shape index (κ1) is 24.8. The van der Waals surface area contributed by atoms with Crippen LogP contribution in [0, 0.1) is 5.82 Å². The van der Waals surface area contributed by atoms with Gasteiger partial charge in [0.25, 0.3) is 0 Å². The summed E-state index contributed by atoms with van der Waals surface area (Å²) >= 11 is 0. The van der Waals surface area contributed by atoms with Crippen molar-refractivity contribution < 1.29 is 27.1 Å². The largest absolute Gasteiger partial charge is 0.381 e. The number of anilines is 1. The Hall–Kier alpha value is -2.82. The zero-order chi connectivity index (χ0) is 24.1. The van der Waals surface area contributed by atoms with Crippen LogP contribution < -0.4 is 15.4 Å². The third-order valence-corrected chi connectivity index (χ3v) is 7.27. The lowest BCUT2D eigenvalue weighted by Gasteiger charge is -2.38. The van der Waals surface area contributed by atoms with Crippen LogP contribution in [0.1, 0.15) is 32.3 Å². The molecule has 0 radical (unpaired) electrons. The number of ether oxygens (including phenoxy) is 1. The highest BCUT2D eigenvalue weighted by Crippen LogP contribution is 2.34. The number of halogens is 1. The van der Waals surface area contributed by atoms with Crippen LogP contribution in [0.2, 0.25) is 0 Å². The predicted octanol–water partition coefficient (Wildman–Crippen LogP) is 2.32. The van der Waals surface area contributed by atoms with Crippen molar-refractivity contribution in [2.45, 2.75) is 43.0 Å². The minimum absolute atomic E-state index is 0.0246. The Kier molecular flexibility index (Phi) is 7.83. The maximum Gasteiger partial charge on any atom is 0.241 e. The Labute approximate surface area is 193 Å². The van der Waals surface area contributed by atoms with Gasteiger partial charge in [0.2, 0.25) is 21.8 Å². The van der Waals surface area contributed by atoms with Crippen molar-refractivity contribution in [2.24, 2.45) is 0 Å². The molecular formula is C23H28FN3O5S. The van der Waals surface area contributed by atoms with Crippen LogP contribution in [0.15, 0.2) is 53.4 Å². The molecule has 1 fully saturated rings. The fourth-order valence-corrected chi connectivity index (χ4v) is 5.02. The summed E-state index contributed by atoms with van der Waals surface area (Å²) in [6, 6.07) is 10.8. The fourth-order valence-electron chi connectivity index (χ4n) is 3.82. The van der Waals surface area contributed by atoms with Crippen molar-refractivity contribution in [1.29, 1.82) is 0 Å². The summed E-state index contributed by atoms with van der Waals surface area (Å²) < 4.78 is 46.6. The Morgan fingerprint density at radius 1 is 1.06 bits per heavy atom. The fraction of sp³-hybridized carbons (Fsp3) is 0.391. The standard InChI is InChI=1S/C23H28FN3O5S/c1-16(27-33(30,31)21-9-7-20(8-10-21)26-17(2)28)22(29)25-15-23(11-13-32-14-12-23)18-3-5-19(24)6-4-18/h3-10,16,27H,11-15H2,1-2H3,(H,25,29)(H,26,28)/t16-/m0/s1. The summed E-state index contributed by atoms with van der Waals surface area (Å²) in [5, 5.41) is 5.41. The van der Waals surface area contributed by atoms with Gasteiger partial charge >= 0.3 is 0 Å². The molecule has 1 aliphatic heterocycles. The van der Waals surface area contributed by atoms with Gasteiger partial charge in [0.15, 0.2) is 0 Å². The first-order valence-electron chi connectivity index (χ1n) is 10.6. The summed E-state index contributed by atoms with van der Waals surface area (Å²) in [5.74, 6) is -1.07. The summed E-state index contributed by atoms with van der Waals surface area (Å²) in [4.78, 5) is 23.8. The Morgan fingerprint density at radius 3 is 2.24 bits per heavy atom. The molecule has 1 aliphatic rings. The monoisotopic (exact) mass is 477 g/mol. The van der Waals surface area contributed by atoms with Crippen molar-refractivity contribution >= 4 is 27.5 Å². The van der Waals surface area contributed by atoms with Crippen molar-refractivity contribution in [3.63, 3.8) is 0 Å². The topological polar surface area (TPSA) is 114 Å². The molecule has 0 unspecified atom stereocenters. The van der Waals surface area contributed by atoms with Gasteiger partial charge in [0.05, 0.1) is 10.9 Å². The number of carbonyl (C=O) groups is 2. The predicted molar refractivity (Wildman–Crippen MR) is 122 cm³/mol. The number of hydrogen-bond donors (Lipinski definition) is 3. The van der Waals surface area contributed by atoms with E-state index in [1.807, 2.05) is 0 Å². The molecule has 0 aromatic heterocycles. The van der Waals surface area contributed by atoms with E-state index in [1.165, 1.54) is 50.2 Å². The van der Waals surface area contributed by atoms with E-state index in [1.54, 1.807) is 12.1 Å². The number of hydrogen-bond acceptors (Lipinski definition) is 5. The Balaban J connectivity index is 1.65. The first-order valence-corrected chi connectivity index (χ1v) is 12.1. The number of rotatable bonds is 8. The maximum atomic E-state index is 13.4. The van der Waals surface area contributed by atoms with Gasteiger partial charge in [0, 0.05) is 37.8 Å². The zero-order valence-corrected chi connectivity index (χ0v) is 19.4. The van der Waals surface area contributed by atoms with Crippen LogP contribution in [0.3, 0.4) is 0 Å². The molecule has 3 N–H and O–H groups in total. The molecule has 1 saturated heterocycles. The van der Waals surface area contributed by atoms with Gasteiger partial charge in [-0.2, -0.15) is 4.72 Å². The molecule has 0 saturated carbocycles. The summed E-state index contributed by atoms with van der Waals surface area (Å²) in [7, 11) is -3.95. The van der Waals surface area contributed by atoms with Crippen molar-refractivity contribution in [2.75, 3.05) is 25.1 Å². The summed E-state index contributed by atoms with van der Waals surface area (Å²) in [6.45, 7) is 4.13. The summed E-state index contributed by atoms with van der Waals surface area (Å²) in [6.07, 6.45) is 1.30. The van der Waals surface area contributed by atoms with Crippen LogP contribution in [0.4, 0.5) is 10.1 Å². The van der Waals surface area contributed by atoms with E-state index in [0.717, 1.165) is 5.56 Å². The highest BCUT2D eigenvalue weighted by Gasteiger charge is 2.35. The first-order chi connectivity index (χ1) is 15.6. The van der Waals surface area contributed by atoms with Crippen LogP contribution in [-0.2, 0) is 29.8 Å². The molecule has 0 aliphatic carbocycles. The number of nitrogens with one attached hydrogen (secondary N) is 3. The molecule has 10 heteroatoms. The van der Waals surface area contributed by atoms with Gasteiger partial charge in [-0.1, -0.05) is 12.1 Å². The SMILES string of the molecule is CC(=O)Nc1ccc(S(=O)(=O)N[C@@H](C)C(=O)NCC2(c3ccc(F)cc3)CCOCC2)cc1. The van der Waals surface area contributed by atoms with Gasteiger partial charge in [-0.15, -0.1) is 0 Å². The molecule has 178 valence electrons. The van der Waals surface area contributed by atoms with E-state index in [2.05, 4.69) is 15.4 Å². The number of benzene rings is 2. The maximum absolute atomic E-state index is 13.4. The molecule has 1 heterocycles. The lowest BCUT2D eigenvalue weighted by Crippen LogP contribution is -2.50. The van der Waals surface area contributed by atoms with E-state index in [0.29, 0.717) is 31.7 Å². The number of amides is 2. The third-order valence-electron chi connectivity index (χ3n) is 5.72. The molecule has 33 heavy (non-hydrogen) atoms. The van der Waals surface area contributed by atoms with Gasteiger partial charge < -0.3 is 15.4 Å². The van der Waals surface area contributed by atoms with E-state index in [9.17, 15) is 22.4 Å². The lowest BCUT2D eigenvalue weighted by atomic mass is 9.74. The molecular weight excluding hydrogens is 449 g/mol. The third kappa shape index (κ3) is 6.37. The number of sulfonamides is 1. The second kappa shape index (κ2) is 10.4. The second-order valence-electron chi connectivity index (χ2n) is 8.17. The van der Waals surface area contributed by atoms with E-state index < -0.39 is 27.4 Å². The lowest BCUT2D eigenvalue weighted by molar-refractivity contribution is -0.122. The number of carbonyl (C=O) groups excluding carboxylic acids is 2. The molecule has 2 amide bonds. The average molecular weight is 478 g/mol. The second-order valence-corrected chi connectivity index (χ2v) is 9.88. The Morgan fingerprint density at radius 2 is 1.67 bits per heavy atom. The highest BCUT2D eigenvalue weighted by molar-refractivity contribution is 7.89. The van der Waals surface area contributed by atoms with E-state index in [-0.39, 0.29) is 23.2 Å². The molecule has 2 aromatic rings. The van der Waals surface area contributed by atoms with Crippen LogP contribution in [0.5, 0.6) is 0 Å². The van der Waals surface area contributed by atoms with E-state index in [4.69, 9.17) is 4.74 Å². The molecule has 2 aromatic carbocycles. The smallest absolute Gasteiger partial charge is 0.241 e. The molecule has 3 rings (SSSR count). The van der Waals surface area contributed by atoms with E-state index >= 15 is 0 Å². The minimum Gasteiger partial charge on any atom is -0.381 e. The van der Waals surface area contributed by atoms with Gasteiger partial charge in [-0.3, -0.25) is 9.59 Å². The minimum atomic E-state index is -3.95. The molecule has 0 spiro atoms. The normalized spacial score (nSPS) is 16.6. The Bertz CT molecular complexity index is 1080. The molecule has 1 atom stereocenters. The molecule has 0 bridgehead atoms. The van der Waals surface area contributed by atoms with Crippen LogP contribution in [-0.4, -0.2) is 46.0 Å². The van der Waals surface area contributed by atoms with Gasteiger partial charge in [-0.05, 0) is 61.7 Å². The zero-order valence-electron chi connectivity index (χ0n) is 18.6. The van der Waals surface area contributed by atoms with Crippen molar-refractivity contribution in [1.82, 2.24) is 10.0 Å². The quantitative estimate of drug-likeness (QED) is 0.540. The molecule has 8 nitrogen and oxygen atoms in total. The van der Waals surface area contributed by atoms with Crippen LogP contribution in [0.25, 0.3) is 0 Å². The average Bonchev–Trinajstić information content (AvgIpc) is 2.78. The van der Waals surface area contributed by atoms with Crippen molar-refractivity contribution in [3.05, 3.63) is 59.9 Å².